The van der Waals surface area contributed by atoms with Gasteiger partial charge in [0.2, 0.25) is 10.0 Å². The van der Waals surface area contributed by atoms with E-state index in [2.05, 4.69) is 4.72 Å². The van der Waals surface area contributed by atoms with Gasteiger partial charge in [-0.2, -0.15) is 0 Å². The highest BCUT2D eigenvalue weighted by molar-refractivity contribution is 7.91. The van der Waals surface area contributed by atoms with Crippen molar-refractivity contribution in [3.05, 3.63) is 94.0 Å². The van der Waals surface area contributed by atoms with Gasteiger partial charge in [-0.05, 0) is 75.7 Å². The number of rotatable bonds is 10. The molecule has 1 saturated carbocycles. The van der Waals surface area contributed by atoms with Crippen LogP contribution in [-0.4, -0.2) is 40.5 Å². The highest BCUT2D eigenvalue weighted by Gasteiger charge is 2.41. The summed E-state index contributed by atoms with van der Waals surface area (Å²) < 4.78 is 41.2. The van der Waals surface area contributed by atoms with Gasteiger partial charge in [-0.15, -0.1) is 12.4 Å². The molecule has 0 bridgehead atoms. The van der Waals surface area contributed by atoms with E-state index in [0.29, 0.717) is 47.0 Å². The summed E-state index contributed by atoms with van der Waals surface area (Å²) in [4.78, 5) is 15.3. The molecule has 0 aliphatic heterocycles. The lowest BCUT2D eigenvalue weighted by Gasteiger charge is -2.39. The van der Waals surface area contributed by atoms with Crippen LogP contribution >= 0.6 is 24.0 Å². The van der Waals surface area contributed by atoms with Crippen LogP contribution in [0.4, 0.5) is 5.69 Å². The van der Waals surface area contributed by atoms with Gasteiger partial charge >= 0.3 is 5.97 Å². The van der Waals surface area contributed by atoms with Crippen LogP contribution in [0.5, 0.6) is 5.75 Å². The van der Waals surface area contributed by atoms with Crippen molar-refractivity contribution < 1.29 is 22.7 Å². The molecule has 216 valence electrons. The summed E-state index contributed by atoms with van der Waals surface area (Å²) in [5, 5.41) is 0.473. The Hall–Kier alpha value is -2.78. The van der Waals surface area contributed by atoms with Crippen molar-refractivity contribution in [3.8, 4) is 5.75 Å². The Balaban J connectivity index is 0.00000441. The van der Waals surface area contributed by atoms with E-state index in [-0.39, 0.29) is 24.1 Å². The maximum Gasteiger partial charge on any atom is 0.339 e. The third-order valence-corrected chi connectivity index (χ3v) is 8.38. The predicted molar refractivity (Wildman–Crippen MR) is 162 cm³/mol. The van der Waals surface area contributed by atoms with Crippen LogP contribution in [-0.2, 0) is 32.7 Å². The summed E-state index contributed by atoms with van der Waals surface area (Å²) in [5.74, 6) is -0.199. The molecule has 4 rings (SSSR count). The molecule has 0 amide bonds. The molecule has 3 aromatic carbocycles. The SMILES string of the molecule is COc1c(NS(=O)(=O)Cc2cccc(Cl)c2)ccc(C2(OC(=O)c3ccccc3)CCCCC2)c1CN(C)C.Cl. The van der Waals surface area contributed by atoms with E-state index >= 15 is 0 Å². The summed E-state index contributed by atoms with van der Waals surface area (Å²) in [5.41, 5.74) is 2.19. The molecule has 1 aliphatic carbocycles. The molecule has 0 atom stereocenters. The van der Waals surface area contributed by atoms with Crippen LogP contribution in [0.1, 0.15) is 59.2 Å². The van der Waals surface area contributed by atoms with Crippen molar-refractivity contribution in [1.29, 1.82) is 0 Å². The largest absolute Gasteiger partial charge is 0.494 e. The molecule has 0 saturated heterocycles. The normalized spacial score (nSPS) is 14.7. The Labute approximate surface area is 248 Å². The number of hydrogen-bond acceptors (Lipinski definition) is 6. The number of nitrogens with zero attached hydrogens (tertiary/aromatic N) is 1. The lowest BCUT2D eigenvalue weighted by atomic mass is 9.77. The number of halogens is 2. The van der Waals surface area contributed by atoms with E-state index in [9.17, 15) is 13.2 Å². The number of sulfonamides is 1. The third-order valence-electron chi connectivity index (χ3n) is 6.90. The van der Waals surface area contributed by atoms with E-state index in [4.69, 9.17) is 21.1 Å². The van der Waals surface area contributed by atoms with Gasteiger partial charge in [0, 0.05) is 22.7 Å². The minimum atomic E-state index is -3.78. The van der Waals surface area contributed by atoms with Crippen LogP contribution < -0.4 is 9.46 Å². The smallest absolute Gasteiger partial charge is 0.339 e. The number of esters is 1. The van der Waals surface area contributed by atoms with E-state index in [0.717, 1.165) is 30.4 Å². The molecule has 0 heterocycles. The fourth-order valence-electron chi connectivity index (χ4n) is 5.25. The van der Waals surface area contributed by atoms with Crippen molar-refractivity contribution in [1.82, 2.24) is 4.90 Å². The minimum Gasteiger partial charge on any atom is -0.494 e. The zero-order valence-corrected chi connectivity index (χ0v) is 25.4. The minimum absolute atomic E-state index is 0. The van der Waals surface area contributed by atoms with Gasteiger partial charge in [0.15, 0.2) is 0 Å². The Kier molecular flexibility index (Phi) is 10.9. The zero-order valence-electron chi connectivity index (χ0n) is 23.0. The van der Waals surface area contributed by atoms with Gasteiger partial charge in [0.1, 0.15) is 11.4 Å². The maximum atomic E-state index is 13.3. The average molecular weight is 608 g/mol. The fourth-order valence-corrected chi connectivity index (χ4v) is 6.65. The molecule has 40 heavy (non-hydrogen) atoms. The van der Waals surface area contributed by atoms with Gasteiger partial charge in [-0.25, -0.2) is 13.2 Å². The molecule has 0 aromatic heterocycles. The second-order valence-electron chi connectivity index (χ2n) is 10.2. The highest BCUT2D eigenvalue weighted by atomic mass is 35.5. The van der Waals surface area contributed by atoms with Gasteiger partial charge in [-0.3, -0.25) is 4.72 Å². The number of carbonyl (C=O) groups excluding carboxylic acids is 1. The standard InChI is InChI=1S/C30H35ClN2O5S.ClH/c1-33(2)20-25-26(30(17-8-5-9-18-30)38-29(34)23-12-6-4-7-13-23)15-16-27(28(25)37-3)32-39(35,36)21-22-11-10-14-24(31)19-22;/h4,6-7,10-16,19,32H,5,8-9,17-18,20-21H2,1-3H3;1H. The third kappa shape index (κ3) is 7.69. The number of hydrogen-bond donors (Lipinski definition) is 1. The monoisotopic (exact) mass is 606 g/mol. The fraction of sp³-hybridized carbons (Fsp3) is 0.367. The first-order chi connectivity index (χ1) is 18.6. The van der Waals surface area contributed by atoms with Crippen molar-refractivity contribution in [2.45, 2.75) is 50.0 Å². The average Bonchev–Trinajstić information content (AvgIpc) is 2.89. The predicted octanol–water partition coefficient (Wildman–Crippen LogP) is 6.79. The van der Waals surface area contributed by atoms with Crippen LogP contribution in [0, 0.1) is 0 Å². The number of methoxy groups -OCH3 is 1. The number of anilines is 1. The molecule has 1 fully saturated rings. The molecule has 7 nitrogen and oxygen atoms in total. The summed E-state index contributed by atoms with van der Waals surface area (Å²) in [7, 11) is 1.61. The topological polar surface area (TPSA) is 84.9 Å². The Morgan fingerprint density at radius 2 is 1.70 bits per heavy atom. The van der Waals surface area contributed by atoms with Gasteiger partial charge in [0.05, 0.1) is 24.1 Å². The van der Waals surface area contributed by atoms with Crippen molar-refractivity contribution in [2.75, 3.05) is 25.9 Å². The lowest BCUT2D eigenvalue weighted by molar-refractivity contribution is -0.0424. The number of carbonyl (C=O) groups is 1. The van der Waals surface area contributed by atoms with Crippen molar-refractivity contribution in [3.63, 3.8) is 0 Å². The van der Waals surface area contributed by atoms with Crippen LogP contribution in [0.3, 0.4) is 0 Å². The van der Waals surface area contributed by atoms with Gasteiger partial charge in [0.25, 0.3) is 0 Å². The number of nitrogens with one attached hydrogen (secondary N) is 1. The summed E-state index contributed by atoms with van der Waals surface area (Å²) in [6.45, 7) is 0.465. The first kappa shape index (κ1) is 31.7. The molecule has 1 N–H and O–H groups in total. The van der Waals surface area contributed by atoms with E-state index in [1.54, 1.807) is 42.5 Å². The van der Waals surface area contributed by atoms with Crippen LogP contribution in [0.15, 0.2) is 66.7 Å². The van der Waals surface area contributed by atoms with Gasteiger partial charge < -0.3 is 14.4 Å². The molecule has 10 heteroatoms. The number of benzene rings is 3. The molecule has 0 spiro atoms. The van der Waals surface area contributed by atoms with Crippen molar-refractivity contribution >= 4 is 45.7 Å². The molecule has 0 radical (unpaired) electrons. The zero-order chi connectivity index (χ0) is 28.0. The molecular weight excluding hydrogens is 571 g/mol. The lowest BCUT2D eigenvalue weighted by Crippen LogP contribution is -2.36. The summed E-state index contributed by atoms with van der Waals surface area (Å²) in [6, 6.07) is 19.3. The maximum absolute atomic E-state index is 13.3. The van der Waals surface area contributed by atoms with E-state index in [1.165, 1.54) is 7.11 Å². The molecule has 0 unspecified atom stereocenters. The van der Waals surface area contributed by atoms with E-state index < -0.39 is 15.6 Å². The van der Waals surface area contributed by atoms with Crippen LogP contribution in [0.2, 0.25) is 5.02 Å². The van der Waals surface area contributed by atoms with Crippen molar-refractivity contribution in [2.24, 2.45) is 0 Å². The Morgan fingerprint density at radius 1 is 1.00 bits per heavy atom. The quantitative estimate of drug-likeness (QED) is 0.256. The Bertz CT molecular complexity index is 1410. The Morgan fingerprint density at radius 3 is 2.33 bits per heavy atom. The van der Waals surface area contributed by atoms with Gasteiger partial charge in [-0.1, -0.05) is 54.4 Å². The van der Waals surface area contributed by atoms with Crippen LogP contribution in [0.25, 0.3) is 0 Å². The number of ether oxygens (including phenoxy) is 2. The first-order valence-corrected chi connectivity index (χ1v) is 15.0. The second kappa shape index (κ2) is 13.7. The summed E-state index contributed by atoms with van der Waals surface area (Å²) >= 11 is 6.05. The molecule has 3 aromatic rings. The summed E-state index contributed by atoms with van der Waals surface area (Å²) in [6.07, 6.45) is 4.25. The van der Waals surface area contributed by atoms with E-state index in [1.807, 2.05) is 43.3 Å². The molecular formula is C30H36Cl2N2O5S. The highest BCUT2D eigenvalue weighted by Crippen LogP contribution is 2.46. The second-order valence-corrected chi connectivity index (χ2v) is 12.4. The molecule has 1 aliphatic rings. The first-order valence-electron chi connectivity index (χ1n) is 13.0.